The van der Waals surface area contributed by atoms with Crippen LogP contribution in [0.3, 0.4) is 0 Å². The summed E-state index contributed by atoms with van der Waals surface area (Å²) in [4.78, 5) is 28.4. The van der Waals surface area contributed by atoms with Crippen molar-refractivity contribution in [2.24, 2.45) is 5.92 Å². The fourth-order valence-corrected chi connectivity index (χ4v) is 6.20. The fraction of sp³-hybridized carbons (Fsp3) is 0.310. The number of aryl methyl sites for hydroxylation is 1. The zero-order chi connectivity index (χ0) is 29.6. The van der Waals surface area contributed by atoms with Gasteiger partial charge in [-0.3, -0.25) is 13.9 Å². The van der Waals surface area contributed by atoms with E-state index < -0.39 is 28.5 Å². The van der Waals surface area contributed by atoms with Gasteiger partial charge in [0.25, 0.3) is 10.0 Å². The number of benzene rings is 3. The van der Waals surface area contributed by atoms with Crippen LogP contribution in [0.5, 0.6) is 0 Å². The van der Waals surface area contributed by atoms with Crippen LogP contribution < -0.4 is 9.62 Å². The molecule has 0 fully saturated rings. The molecule has 0 heterocycles. The monoisotopic (exact) mass is 667 g/mol. The van der Waals surface area contributed by atoms with E-state index in [0.29, 0.717) is 26.6 Å². The van der Waals surface area contributed by atoms with Crippen molar-refractivity contribution < 1.29 is 18.0 Å². The van der Waals surface area contributed by atoms with Crippen molar-refractivity contribution in [1.82, 2.24) is 10.2 Å². The summed E-state index contributed by atoms with van der Waals surface area (Å²) < 4.78 is 29.4. The molecule has 7 nitrogen and oxygen atoms in total. The van der Waals surface area contributed by atoms with Crippen LogP contribution in [0.4, 0.5) is 5.69 Å². The Hall–Kier alpha value is -2.59. The van der Waals surface area contributed by atoms with Crippen molar-refractivity contribution in [2.45, 2.75) is 45.2 Å². The van der Waals surface area contributed by atoms with E-state index in [2.05, 4.69) is 21.2 Å². The van der Waals surface area contributed by atoms with Gasteiger partial charge in [-0.1, -0.05) is 82.8 Å². The van der Waals surface area contributed by atoms with E-state index >= 15 is 0 Å². The van der Waals surface area contributed by atoms with Gasteiger partial charge < -0.3 is 10.2 Å². The Bertz CT molecular complexity index is 1450. The maximum Gasteiger partial charge on any atom is 0.264 e. The number of carbonyl (C=O) groups excluding carboxylic acids is 2. The Morgan fingerprint density at radius 3 is 2.12 bits per heavy atom. The Morgan fingerprint density at radius 1 is 0.950 bits per heavy atom. The number of anilines is 1. The minimum atomic E-state index is -4.16. The SMILES string of the molecule is Cc1ccc(S(=O)(=O)N(CC(=O)N(Cc2c(Cl)cccc2Cl)[C@@H](C)C(=O)NCC(C)C)c2cccc(Br)c2)cc1. The van der Waals surface area contributed by atoms with E-state index in [-0.39, 0.29) is 29.0 Å². The third kappa shape index (κ3) is 8.00. The predicted molar refractivity (Wildman–Crippen MR) is 164 cm³/mol. The summed E-state index contributed by atoms with van der Waals surface area (Å²) in [5.74, 6) is -0.774. The molecule has 0 aliphatic heterocycles. The van der Waals surface area contributed by atoms with Gasteiger partial charge in [0.15, 0.2) is 0 Å². The third-order valence-electron chi connectivity index (χ3n) is 6.23. The van der Waals surface area contributed by atoms with Crippen LogP contribution in [0, 0.1) is 12.8 Å². The maximum atomic E-state index is 14.0. The molecule has 0 aromatic heterocycles. The van der Waals surface area contributed by atoms with Gasteiger partial charge in [0.1, 0.15) is 12.6 Å². The lowest BCUT2D eigenvalue weighted by Gasteiger charge is -2.32. The molecule has 0 unspecified atom stereocenters. The highest BCUT2D eigenvalue weighted by molar-refractivity contribution is 9.10. The number of hydrogen-bond donors (Lipinski definition) is 1. The van der Waals surface area contributed by atoms with Crippen LogP contribution in [0.25, 0.3) is 0 Å². The molecule has 2 amide bonds. The van der Waals surface area contributed by atoms with E-state index in [4.69, 9.17) is 23.2 Å². The number of hydrogen-bond acceptors (Lipinski definition) is 4. The molecule has 3 aromatic rings. The van der Waals surface area contributed by atoms with E-state index in [1.54, 1.807) is 61.5 Å². The molecule has 3 aromatic carbocycles. The lowest BCUT2D eigenvalue weighted by Crippen LogP contribution is -2.51. The molecule has 0 aliphatic carbocycles. The van der Waals surface area contributed by atoms with Crippen LogP contribution in [-0.4, -0.2) is 44.3 Å². The quantitative estimate of drug-likeness (QED) is 0.255. The summed E-state index contributed by atoms with van der Waals surface area (Å²) in [5.41, 5.74) is 1.64. The Balaban J connectivity index is 2.05. The highest BCUT2D eigenvalue weighted by atomic mass is 79.9. The zero-order valence-corrected chi connectivity index (χ0v) is 26.6. The van der Waals surface area contributed by atoms with Crippen LogP contribution in [0.15, 0.2) is 76.1 Å². The molecule has 11 heteroatoms. The second-order valence-corrected chi connectivity index (χ2v) is 13.4. The van der Waals surface area contributed by atoms with Gasteiger partial charge >= 0.3 is 0 Å². The predicted octanol–water partition coefficient (Wildman–Crippen LogP) is 6.45. The molecular weight excluding hydrogens is 637 g/mol. The van der Waals surface area contributed by atoms with Gasteiger partial charge in [0.05, 0.1) is 10.6 Å². The highest BCUT2D eigenvalue weighted by Crippen LogP contribution is 2.29. The highest BCUT2D eigenvalue weighted by Gasteiger charge is 2.33. The molecule has 1 N–H and O–H groups in total. The average Bonchev–Trinajstić information content (AvgIpc) is 2.89. The number of carbonyl (C=O) groups is 2. The first-order valence-corrected chi connectivity index (χ1v) is 15.6. The lowest BCUT2D eigenvalue weighted by molar-refractivity contribution is -0.139. The number of halogens is 3. The third-order valence-corrected chi connectivity index (χ3v) is 9.22. The molecule has 0 spiro atoms. The molecule has 0 saturated carbocycles. The largest absolute Gasteiger partial charge is 0.354 e. The molecular formula is C29H32BrCl2N3O4S. The van der Waals surface area contributed by atoms with E-state index in [1.807, 2.05) is 20.8 Å². The molecule has 0 saturated heterocycles. The molecule has 1 atom stereocenters. The number of amides is 2. The maximum absolute atomic E-state index is 14.0. The van der Waals surface area contributed by atoms with Crippen LogP contribution >= 0.6 is 39.1 Å². The number of rotatable bonds is 11. The molecule has 214 valence electrons. The second kappa shape index (κ2) is 13.9. The summed E-state index contributed by atoms with van der Waals surface area (Å²) in [6, 6.07) is 17.1. The Labute approximate surface area is 254 Å². The topological polar surface area (TPSA) is 86.8 Å². The summed E-state index contributed by atoms with van der Waals surface area (Å²) in [5, 5.41) is 3.51. The van der Waals surface area contributed by atoms with Crippen LogP contribution in [0.1, 0.15) is 31.9 Å². The average molecular weight is 669 g/mol. The minimum absolute atomic E-state index is 0.0364. The van der Waals surface area contributed by atoms with Crippen LogP contribution in [0.2, 0.25) is 10.0 Å². The first-order chi connectivity index (χ1) is 18.8. The second-order valence-electron chi connectivity index (χ2n) is 9.84. The standard InChI is InChI=1S/C29H32BrCl2N3O4S/c1-19(2)16-33-29(37)21(4)34(17-25-26(31)9-6-10-27(25)32)28(36)18-35(23-8-5-7-22(30)15-23)40(38,39)24-13-11-20(3)12-14-24/h5-15,19,21H,16-18H2,1-4H3,(H,33,37)/t21-/m0/s1. The van der Waals surface area contributed by atoms with E-state index in [0.717, 1.165) is 9.87 Å². The summed E-state index contributed by atoms with van der Waals surface area (Å²) in [7, 11) is -4.16. The zero-order valence-electron chi connectivity index (χ0n) is 22.7. The van der Waals surface area contributed by atoms with Gasteiger partial charge in [-0.2, -0.15) is 0 Å². The number of nitrogens with zero attached hydrogens (tertiary/aromatic N) is 2. The van der Waals surface area contributed by atoms with Crippen molar-refractivity contribution in [1.29, 1.82) is 0 Å². The van der Waals surface area contributed by atoms with Crippen molar-refractivity contribution in [3.05, 3.63) is 92.4 Å². The summed E-state index contributed by atoms with van der Waals surface area (Å²) >= 11 is 16.2. The van der Waals surface area contributed by atoms with Gasteiger partial charge in [-0.15, -0.1) is 0 Å². The molecule has 0 bridgehead atoms. The van der Waals surface area contributed by atoms with Crippen LogP contribution in [-0.2, 0) is 26.2 Å². The van der Waals surface area contributed by atoms with Crippen molar-refractivity contribution in [3.63, 3.8) is 0 Å². The number of nitrogens with one attached hydrogen (secondary N) is 1. The molecule has 40 heavy (non-hydrogen) atoms. The van der Waals surface area contributed by atoms with Crippen molar-refractivity contribution >= 4 is 66.7 Å². The first kappa shape index (κ1) is 31.9. The smallest absolute Gasteiger partial charge is 0.264 e. The van der Waals surface area contributed by atoms with Gasteiger partial charge in [0, 0.05) is 33.2 Å². The molecule has 0 radical (unpaired) electrons. The number of sulfonamides is 1. The van der Waals surface area contributed by atoms with Gasteiger partial charge in [-0.25, -0.2) is 8.42 Å². The Kier molecular flexibility index (Phi) is 11.1. The lowest BCUT2D eigenvalue weighted by atomic mass is 10.1. The Morgan fingerprint density at radius 2 is 1.55 bits per heavy atom. The fourth-order valence-electron chi connectivity index (χ4n) is 3.89. The van der Waals surface area contributed by atoms with E-state index in [1.165, 1.54) is 17.0 Å². The minimum Gasteiger partial charge on any atom is -0.354 e. The molecule has 0 aliphatic rings. The normalized spacial score (nSPS) is 12.2. The van der Waals surface area contributed by atoms with Gasteiger partial charge in [0.2, 0.25) is 11.8 Å². The summed E-state index contributed by atoms with van der Waals surface area (Å²) in [6.07, 6.45) is 0. The first-order valence-electron chi connectivity index (χ1n) is 12.7. The van der Waals surface area contributed by atoms with Crippen molar-refractivity contribution in [3.8, 4) is 0 Å². The van der Waals surface area contributed by atoms with Gasteiger partial charge in [-0.05, 0) is 62.2 Å². The van der Waals surface area contributed by atoms with Crippen molar-refractivity contribution in [2.75, 3.05) is 17.4 Å². The summed E-state index contributed by atoms with van der Waals surface area (Å²) in [6.45, 7) is 7.14. The molecule has 3 rings (SSSR count). The van der Waals surface area contributed by atoms with E-state index in [9.17, 15) is 18.0 Å².